The lowest BCUT2D eigenvalue weighted by atomic mass is 9.89. The van der Waals surface area contributed by atoms with Crippen molar-refractivity contribution in [2.75, 3.05) is 18.0 Å². The number of furan rings is 1. The largest absolute Gasteiger partial charge is 0.432 e. The Balaban J connectivity index is 2.06. The summed E-state index contributed by atoms with van der Waals surface area (Å²) in [4.78, 5) is 15.9. The minimum atomic E-state index is -0.202. The molecule has 0 radical (unpaired) electrons. The minimum absolute atomic E-state index is 0.202. The van der Waals surface area contributed by atoms with Crippen molar-refractivity contribution in [2.24, 2.45) is 0 Å². The van der Waals surface area contributed by atoms with E-state index in [1.54, 1.807) is 6.33 Å². The van der Waals surface area contributed by atoms with E-state index in [-0.39, 0.29) is 5.60 Å². The van der Waals surface area contributed by atoms with Gasteiger partial charge in [-0.15, -0.1) is 0 Å². The summed E-state index contributed by atoms with van der Waals surface area (Å²) in [5.74, 6) is 0.839. The van der Waals surface area contributed by atoms with Crippen LogP contribution in [0.5, 0.6) is 0 Å². The number of aryl methyl sites for hydroxylation is 1. The lowest BCUT2D eigenvalue weighted by Gasteiger charge is -2.32. The van der Waals surface area contributed by atoms with E-state index < -0.39 is 0 Å². The van der Waals surface area contributed by atoms with E-state index in [2.05, 4.69) is 42.6 Å². The van der Waals surface area contributed by atoms with Gasteiger partial charge < -0.3 is 14.1 Å². The topological polar surface area (TPSA) is 64.3 Å². The Morgan fingerprint density at radius 3 is 2.64 bits per heavy atom. The highest BCUT2D eigenvalue weighted by Crippen LogP contribution is 2.39. The number of aromatic nitrogens is 3. The van der Waals surface area contributed by atoms with Crippen LogP contribution in [0.2, 0.25) is 0 Å². The lowest BCUT2D eigenvalue weighted by Crippen LogP contribution is -2.32. The number of pyridine rings is 1. The highest BCUT2D eigenvalue weighted by molar-refractivity contribution is 6.06. The van der Waals surface area contributed by atoms with Crippen molar-refractivity contribution < 1.29 is 9.15 Å². The number of anilines is 1. The lowest BCUT2D eigenvalue weighted by molar-refractivity contribution is -0.0400. The SMILES string of the molecule is CCN(CC)c1ncnc2c1oc1nc(C)c3c(c12)CC(C)(C)OC3. The van der Waals surface area contributed by atoms with Gasteiger partial charge in [0.25, 0.3) is 0 Å². The zero-order valence-corrected chi connectivity index (χ0v) is 15.5. The van der Waals surface area contributed by atoms with Crippen LogP contribution in [0.15, 0.2) is 10.7 Å². The molecule has 6 heteroatoms. The van der Waals surface area contributed by atoms with Crippen LogP contribution in [-0.2, 0) is 17.8 Å². The van der Waals surface area contributed by atoms with Crippen LogP contribution in [0.1, 0.15) is 44.5 Å². The summed E-state index contributed by atoms with van der Waals surface area (Å²) in [6.07, 6.45) is 2.45. The molecule has 0 N–H and O–H groups in total. The monoisotopic (exact) mass is 340 g/mol. The van der Waals surface area contributed by atoms with E-state index in [9.17, 15) is 0 Å². The van der Waals surface area contributed by atoms with Crippen molar-refractivity contribution in [3.63, 3.8) is 0 Å². The molecule has 0 amide bonds. The van der Waals surface area contributed by atoms with E-state index in [0.717, 1.165) is 53.1 Å². The second-order valence-corrected chi connectivity index (χ2v) is 7.21. The van der Waals surface area contributed by atoms with E-state index in [1.807, 2.05) is 6.92 Å². The molecule has 0 bridgehead atoms. The van der Waals surface area contributed by atoms with Crippen LogP contribution in [0.3, 0.4) is 0 Å². The molecular formula is C19H24N4O2. The predicted molar refractivity (Wildman–Crippen MR) is 98.0 cm³/mol. The van der Waals surface area contributed by atoms with E-state index in [4.69, 9.17) is 14.1 Å². The van der Waals surface area contributed by atoms with Gasteiger partial charge >= 0.3 is 0 Å². The summed E-state index contributed by atoms with van der Waals surface area (Å²) in [7, 11) is 0. The van der Waals surface area contributed by atoms with Crippen LogP contribution in [0.4, 0.5) is 5.82 Å². The van der Waals surface area contributed by atoms with Crippen molar-refractivity contribution in [2.45, 2.75) is 53.2 Å². The van der Waals surface area contributed by atoms with Gasteiger partial charge in [-0.25, -0.2) is 15.0 Å². The molecule has 4 heterocycles. The van der Waals surface area contributed by atoms with Crippen molar-refractivity contribution in [1.29, 1.82) is 0 Å². The Morgan fingerprint density at radius 2 is 1.92 bits per heavy atom. The Morgan fingerprint density at radius 1 is 1.16 bits per heavy atom. The molecule has 4 rings (SSSR count). The first-order valence-electron chi connectivity index (χ1n) is 8.89. The maximum atomic E-state index is 6.16. The van der Waals surface area contributed by atoms with Crippen molar-refractivity contribution in [1.82, 2.24) is 15.0 Å². The fraction of sp³-hybridized carbons (Fsp3) is 0.526. The fourth-order valence-electron chi connectivity index (χ4n) is 3.70. The second kappa shape index (κ2) is 5.66. The Bertz CT molecular complexity index is 957. The maximum Gasteiger partial charge on any atom is 0.229 e. The molecule has 3 aromatic rings. The molecule has 0 aliphatic carbocycles. The second-order valence-electron chi connectivity index (χ2n) is 7.21. The third kappa shape index (κ3) is 2.47. The Labute approximate surface area is 147 Å². The van der Waals surface area contributed by atoms with Crippen molar-refractivity contribution in [3.8, 4) is 0 Å². The van der Waals surface area contributed by atoms with E-state index >= 15 is 0 Å². The molecule has 1 aliphatic rings. The fourth-order valence-corrected chi connectivity index (χ4v) is 3.70. The number of fused-ring (bicyclic) bond motifs is 5. The molecule has 0 unspecified atom stereocenters. The highest BCUT2D eigenvalue weighted by Gasteiger charge is 2.31. The van der Waals surface area contributed by atoms with Crippen molar-refractivity contribution >= 4 is 28.0 Å². The number of ether oxygens (including phenoxy) is 1. The van der Waals surface area contributed by atoms with Gasteiger partial charge in [0.05, 0.1) is 17.6 Å². The molecule has 25 heavy (non-hydrogen) atoms. The van der Waals surface area contributed by atoms with Crippen LogP contribution in [0, 0.1) is 6.92 Å². The molecular weight excluding hydrogens is 316 g/mol. The van der Waals surface area contributed by atoms with Crippen LogP contribution >= 0.6 is 0 Å². The standard InChI is InChI=1S/C19H24N4O2/c1-6-23(7-2)17-16-15(20-10-21-17)14-12-8-19(4,5)24-9-13(12)11(3)22-18(14)25-16/h10H,6-9H2,1-5H3. The van der Waals surface area contributed by atoms with Gasteiger partial charge in [-0.05, 0) is 40.2 Å². The van der Waals surface area contributed by atoms with Gasteiger partial charge in [0.2, 0.25) is 5.71 Å². The summed E-state index contributed by atoms with van der Waals surface area (Å²) in [5.41, 5.74) is 5.41. The van der Waals surface area contributed by atoms with Gasteiger partial charge in [0.1, 0.15) is 11.8 Å². The first kappa shape index (κ1) is 16.3. The normalized spacial score (nSPS) is 16.4. The first-order valence-corrected chi connectivity index (χ1v) is 8.89. The third-order valence-electron chi connectivity index (χ3n) is 5.08. The maximum absolute atomic E-state index is 6.16. The van der Waals surface area contributed by atoms with Gasteiger partial charge in [-0.1, -0.05) is 0 Å². The summed E-state index contributed by atoms with van der Waals surface area (Å²) >= 11 is 0. The smallest absolute Gasteiger partial charge is 0.229 e. The average molecular weight is 340 g/mol. The molecule has 3 aromatic heterocycles. The third-order valence-corrected chi connectivity index (χ3v) is 5.08. The van der Waals surface area contributed by atoms with Crippen molar-refractivity contribution in [3.05, 3.63) is 23.1 Å². The van der Waals surface area contributed by atoms with Crippen LogP contribution in [0.25, 0.3) is 22.2 Å². The first-order chi connectivity index (χ1) is 11.9. The molecule has 0 atom stereocenters. The highest BCUT2D eigenvalue weighted by atomic mass is 16.5. The number of nitrogens with zero attached hydrogens (tertiary/aromatic N) is 4. The van der Waals surface area contributed by atoms with Gasteiger partial charge in [0, 0.05) is 30.8 Å². The Hall–Kier alpha value is -2.21. The molecule has 0 aromatic carbocycles. The zero-order valence-electron chi connectivity index (χ0n) is 15.5. The average Bonchev–Trinajstić information content (AvgIpc) is 2.94. The van der Waals surface area contributed by atoms with E-state index in [1.165, 1.54) is 5.56 Å². The minimum Gasteiger partial charge on any atom is -0.432 e. The number of hydrogen-bond donors (Lipinski definition) is 0. The van der Waals surface area contributed by atoms with Gasteiger partial charge in [-0.2, -0.15) is 0 Å². The summed E-state index contributed by atoms with van der Waals surface area (Å²) in [6, 6.07) is 0. The quantitative estimate of drug-likeness (QED) is 0.723. The number of rotatable bonds is 3. The van der Waals surface area contributed by atoms with Crippen LogP contribution in [-0.4, -0.2) is 33.6 Å². The van der Waals surface area contributed by atoms with E-state index in [0.29, 0.717) is 12.3 Å². The number of hydrogen-bond acceptors (Lipinski definition) is 6. The zero-order chi connectivity index (χ0) is 17.8. The van der Waals surface area contributed by atoms with Crippen LogP contribution < -0.4 is 4.90 Å². The molecule has 132 valence electrons. The molecule has 1 aliphatic heterocycles. The molecule has 0 saturated carbocycles. The predicted octanol–water partition coefficient (Wildman–Crippen LogP) is 3.78. The molecule has 0 saturated heterocycles. The van der Waals surface area contributed by atoms with Gasteiger partial charge in [-0.3, -0.25) is 0 Å². The molecule has 0 spiro atoms. The summed E-state index contributed by atoms with van der Waals surface area (Å²) < 4.78 is 12.2. The Kier molecular flexibility index (Phi) is 3.68. The summed E-state index contributed by atoms with van der Waals surface area (Å²) in [5, 5.41) is 1.02. The summed E-state index contributed by atoms with van der Waals surface area (Å²) in [6.45, 7) is 12.8. The molecule has 0 fully saturated rings. The molecule has 6 nitrogen and oxygen atoms in total. The van der Waals surface area contributed by atoms with Gasteiger partial charge in [0.15, 0.2) is 11.4 Å².